The molecule has 0 amide bonds. The van der Waals surface area contributed by atoms with Crippen LogP contribution in [0.2, 0.25) is 0 Å². The molecule has 1 nitrogen and oxygen atoms in total. The second-order valence-corrected chi connectivity index (χ2v) is 4.67. The molecule has 0 spiro atoms. The van der Waals surface area contributed by atoms with Crippen LogP contribution in [0.1, 0.15) is 0 Å². The summed E-state index contributed by atoms with van der Waals surface area (Å²) in [5.41, 5.74) is -3.18. The predicted molar refractivity (Wildman–Crippen MR) is 71.0 cm³/mol. The topological polar surface area (TPSA) is 4.93 Å². The first-order chi connectivity index (χ1) is 10.9. The molecule has 0 unspecified atom stereocenters. The molecule has 0 N–H and O–H groups in total. The quantitative estimate of drug-likeness (QED) is 0.462. The van der Waals surface area contributed by atoms with Gasteiger partial charge < -0.3 is 4.57 Å². The van der Waals surface area contributed by atoms with Crippen LogP contribution in [0.25, 0.3) is 16.8 Å². The molecule has 23 heavy (non-hydrogen) atoms. The van der Waals surface area contributed by atoms with Crippen LogP contribution in [0.3, 0.4) is 0 Å². The number of hydrogen-bond acceptors (Lipinski definition) is 0. The van der Waals surface area contributed by atoms with E-state index < -0.39 is 51.7 Å². The van der Waals surface area contributed by atoms with Crippen molar-refractivity contribution in [2.45, 2.75) is 0 Å². The zero-order valence-electron chi connectivity index (χ0n) is 11.3. The number of aromatic nitrogens is 1. The fourth-order valence-electron chi connectivity index (χ4n) is 2.26. The lowest BCUT2D eigenvalue weighted by molar-refractivity contribution is 0.450. The summed E-state index contributed by atoms with van der Waals surface area (Å²) < 4.78 is 84.5. The third-order valence-electron chi connectivity index (χ3n) is 3.32. The molecule has 0 saturated heterocycles. The van der Waals surface area contributed by atoms with Gasteiger partial charge in [0.2, 0.25) is 0 Å². The standard InChI is InChI=1S/C16H7F6N/c17-9-5-3-4-8(11(9)18)10-12(19)14(21)16(15(22)13(10)20)23-6-1-2-7-23/h1-7H. The smallest absolute Gasteiger partial charge is 0.186 e. The van der Waals surface area contributed by atoms with Gasteiger partial charge in [-0.05, 0) is 18.2 Å². The summed E-state index contributed by atoms with van der Waals surface area (Å²) in [7, 11) is 0. The minimum absolute atomic E-state index is 0.718. The van der Waals surface area contributed by atoms with Crippen molar-refractivity contribution in [3.63, 3.8) is 0 Å². The summed E-state index contributed by atoms with van der Waals surface area (Å²) in [5.74, 6) is -10.0. The van der Waals surface area contributed by atoms with Gasteiger partial charge in [-0.25, -0.2) is 26.3 Å². The molecule has 0 bridgehead atoms. The van der Waals surface area contributed by atoms with Crippen molar-refractivity contribution in [2.75, 3.05) is 0 Å². The second-order valence-electron chi connectivity index (χ2n) is 4.67. The highest BCUT2D eigenvalue weighted by atomic mass is 19.2. The summed E-state index contributed by atoms with van der Waals surface area (Å²) in [5, 5.41) is 0. The molecule has 0 radical (unpaired) electrons. The molecule has 1 heterocycles. The van der Waals surface area contributed by atoms with Gasteiger partial charge in [0.05, 0.1) is 5.56 Å². The summed E-state index contributed by atoms with van der Waals surface area (Å²) in [6.07, 6.45) is 2.37. The summed E-state index contributed by atoms with van der Waals surface area (Å²) in [4.78, 5) is 0. The monoisotopic (exact) mass is 327 g/mol. The first-order valence-electron chi connectivity index (χ1n) is 6.37. The highest BCUT2D eigenvalue weighted by Gasteiger charge is 2.29. The maximum Gasteiger partial charge on any atom is 0.186 e. The molecule has 3 aromatic rings. The third kappa shape index (κ3) is 2.28. The van der Waals surface area contributed by atoms with Gasteiger partial charge in [-0.3, -0.25) is 0 Å². The molecule has 7 heteroatoms. The van der Waals surface area contributed by atoms with E-state index in [0.29, 0.717) is 0 Å². The minimum atomic E-state index is -1.81. The molecule has 0 saturated carbocycles. The van der Waals surface area contributed by atoms with Crippen molar-refractivity contribution in [1.29, 1.82) is 0 Å². The van der Waals surface area contributed by atoms with Crippen LogP contribution in [0.5, 0.6) is 0 Å². The number of halogens is 6. The van der Waals surface area contributed by atoms with Crippen molar-refractivity contribution in [1.82, 2.24) is 4.57 Å². The van der Waals surface area contributed by atoms with Crippen LogP contribution in [0, 0.1) is 34.9 Å². The largest absolute Gasteiger partial charge is 0.319 e. The van der Waals surface area contributed by atoms with Crippen LogP contribution >= 0.6 is 0 Å². The van der Waals surface area contributed by atoms with Crippen molar-refractivity contribution in [3.8, 4) is 16.8 Å². The van der Waals surface area contributed by atoms with Crippen LogP contribution in [0.4, 0.5) is 26.3 Å². The second kappa shape index (κ2) is 5.49. The molecule has 1 aromatic heterocycles. The Labute approximate surface area is 126 Å². The molecule has 118 valence electrons. The number of rotatable bonds is 2. The molecule has 0 fully saturated rings. The van der Waals surface area contributed by atoms with Gasteiger partial charge in [-0.1, -0.05) is 12.1 Å². The molecule has 0 atom stereocenters. The lowest BCUT2D eigenvalue weighted by Gasteiger charge is -2.13. The number of nitrogens with zero attached hydrogens (tertiary/aromatic N) is 1. The van der Waals surface area contributed by atoms with E-state index >= 15 is 0 Å². The lowest BCUT2D eigenvalue weighted by atomic mass is 10.0. The predicted octanol–water partition coefficient (Wildman–Crippen LogP) is 4.98. The minimum Gasteiger partial charge on any atom is -0.319 e. The van der Waals surface area contributed by atoms with Crippen molar-refractivity contribution >= 4 is 0 Å². The Bertz CT molecular complexity index is 857. The normalized spacial score (nSPS) is 11.0. The van der Waals surface area contributed by atoms with Crippen molar-refractivity contribution < 1.29 is 26.3 Å². The summed E-state index contributed by atoms with van der Waals surface area (Å²) in [6, 6.07) is 5.32. The van der Waals surface area contributed by atoms with E-state index in [1.54, 1.807) is 0 Å². The van der Waals surface area contributed by atoms with Crippen molar-refractivity contribution in [2.24, 2.45) is 0 Å². The lowest BCUT2D eigenvalue weighted by Crippen LogP contribution is -2.08. The van der Waals surface area contributed by atoms with E-state index in [9.17, 15) is 26.3 Å². The Morgan fingerprint density at radius 1 is 0.609 bits per heavy atom. The van der Waals surface area contributed by atoms with E-state index in [0.717, 1.165) is 22.8 Å². The van der Waals surface area contributed by atoms with E-state index in [-0.39, 0.29) is 0 Å². The fourth-order valence-corrected chi connectivity index (χ4v) is 2.26. The van der Waals surface area contributed by atoms with Crippen molar-refractivity contribution in [3.05, 3.63) is 77.6 Å². The Morgan fingerprint density at radius 2 is 1.17 bits per heavy atom. The highest BCUT2D eigenvalue weighted by Crippen LogP contribution is 2.35. The van der Waals surface area contributed by atoms with Gasteiger partial charge in [0.25, 0.3) is 0 Å². The Balaban J connectivity index is 2.35. The van der Waals surface area contributed by atoms with Crippen LogP contribution in [-0.4, -0.2) is 4.57 Å². The van der Waals surface area contributed by atoms with Crippen LogP contribution in [0.15, 0.2) is 42.7 Å². The van der Waals surface area contributed by atoms with Gasteiger partial charge in [-0.15, -0.1) is 0 Å². The van der Waals surface area contributed by atoms with Gasteiger partial charge in [0.15, 0.2) is 34.9 Å². The fraction of sp³-hybridized carbons (Fsp3) is 0. The Morgan fingerprint density at radius 3 is 1.74 bits per heavy atom. The van der Waals surface area contributed by atoms with Gasteiger partial charge >= 0.3 is 0 Å². The molecule has 0 aliphatic rings. The Hall–Kier alpha value is -2.70. The highest BCUT2D eigenvalue weighted by molar-refractivity contribution is 5.68. The zero-order chi connectivity index (χ0) is 16.7. The molecule has 3 rings (SSSR count). The summed E-state index contributed by atoms with van der Waals surface area (Å²) >= 11 is 0. The van der Waals surface area contributed by atoms with E-state index in [4.69, 9.17) is 0 Å². The average Bonchev–Trinajstić information content (AvgIpc) is 3.04. The van der Waals surface area contributed by atoms with E-state index in [1.165, 1.54) is 24.5 Å². The van der Waals surface area contributed by atoms with Crippen LogP contribution in [-0.2, 0) is 0 Å². The zero-order valence-corrected chi connectivity index (χ0v) is 11.3. The molecule has 0 aliphatic heterocycles. The van der Waals surface area contributed by atoms with Gasteiger partial charge in [0, 0.05) is 18.0 Å². The van der Waals surface area contributed by atoms with Gasteiger partial charge in [0.1, 0.15) is 5.69 Å². The summed E-state index contributed by atoms with van der Waals surface area (Å²) in [6.45, 7) is 0. The molecular formula is C16H7F6N. The SMILES string of the molecule is Fc1cccc(-c2c(F)c(F)c(-n3cccc3)c(F)c2F)c1F. The molecular weight excluding hydrogens is 320 g/mol. The van der Waals surface area contributed by atoms with Crippen LogP contribution < -0.4 is 0 Å². The Kier molecular flexibility index (Phi) is 3.63. The molecule has 2 aromatic carbocycles. The number of hydrogen-bond donors (Lipinski definition) is 0. The van der Waals surface area contributed by atoms with E-state index in [2.05, 4.69) is 0 Å². The molecule has 0 aliphatic carbocycles. The van der Waals surface area contributed by atoms with Gasteiger partial charge in [-0.2, -0.15) is 0 Å². The third-order valence-corrected chi connectivity index (χ3v) is 3.32. The maximum absolute atomic E-state index is 14.2. The van der Waals surface area contributed by atoms with E-state index in [1.807, 2.05) is 0 Å². The first-order valence-corrected chi connectivity index (χ1v) is 6.37. The number of benzene rings is 2. The maximum atomic E-state index is 14.2. The first kappa shape index (κ1) is 15.2. The average molecular weight is 327 g/mol.